The van der Waals surface area contributed by atoms with Crippen molar-refractivity contribution in [1.82, 2.24) is 10.2 Å². The number of hydrogen-bond donors (Lipinski definition) is 1. The molecule has 0 saturated heterocycles. The zero-order valence-corrected chi connectivity index (χ0v) is 13.0. The summed E-state index contributed by atoms with van der Waals surface area (Å²) in [4.78, 5) is 2.38. The molecule has 2 aromatic carbocycles. The van der Waals surface area contributed by atoms with Crippen molar-refractivity contribution in [1.29, 1.82) is 0 Å². The molecular weight excluding hydrogens is 256 g/mol. The lowest BCUT2D eigenvalue weighted by Gasteiger charge is -2.21. The predicted molar refractivity (Wildman–Crippen MR) is 88.2 cm³/mol. The van der Waals surface area contributed by atoms with Crippen LogP contribution in [-0.2, 0) is 26.1 Å². The number of aryl methyl sites for hydroxylation is 1. The highest BCUT2D eigenvalue weighted by molar-refractivity contribution is 5.33. The molecular formula is C19H24N2. The van der Waals surface area contributed by atoms with Gasteiger partial charge in [-0.05, 0) is 49.2 Å². The van der Waals surface area contributed by atoms with E-state index in [9.17, 15) is 0 Å². The molecule has 21 heavy (non-hydrogen) atoms. The number of rotatable bonds is 4. The number of benzene rings is 2. The van der Waals surface area contributed by atoms with Crippen LogP contribution in [0.3, 0.4) is 0 Å². The standard InChI is InChI=1S/C19H24N2/c1-15-3-5-16(6-4-15)13-21(2)14-17-7-8-18-9-10-20-12-19(18)11-17/h3-8,11,20H,9-10,12-14H2,1-2H3. The summed E-state index contributed by atoms with van der Waals surface area (Å²) >= 11 is 0. The van der Waals surface area contributed by atoms with Gasteiger partial charge >= 0.3 is 0 Å². The van der Waals surface area contributed by atoms with Gasteiger partial charge in [0.1, 0.15) is 0 Å². The molecule has 1 aliphatic heterocycles. The maximum atomic E-state index is 3.45. The van der Waals surface area contributed by atoms with Crippen molar-refractivity contribution in [3.63, 3.8) is 0 Å². The van der Waals surface area contributed by atoms with E-state index in [2.05, 4.69) is 66.7 Å². The normalized spacial score (nSPS) is 14.2. The minimum absolute atomic E-state index is 0.996. The van der Waals surface area contributed by atoms with Crippen LogP contribution in [0.25, 0.3) is 0 Å². The smallest absolute Gasteiger partial charge is 0.0234 e. The molecule has 0 saturated carbocycles. The molecule has 1 aliphatic rings. The lowest BCUT2D eigenvalue weighted by Crippen LogP contribution is -2.24. The van der Waals surface area contributed by atoms with Gasteiger partial charge in [0.25, 0.3) is 0 Å². The Labute approximate surface area is 127 Å². The van der Waals surface area contributed by atoms with E-state index in [0.717, 1.165) is 32.6 Å². The van der Waals surface area contributed by atoms with Gasteiger partial charge in [0.05, 0.1) is 0 Å². The lowest BCUT2D eigenvalue weighted by atomic mass is 9.98. The lowest BCUT2D eigenvalue weighted by molar-refractivity contribution is 0.319. The first-order valence-corrected chi connectivity index (χ1v) is 7.76. The second kappa shape index (κ2) is 6.42. The monoisotopic (exact) mass is 280 g/mol. The van der Waals surface area contributed by atoms with Crippen LogP contribution in [0.2, 0.25) is 0 Å². The van der Waals surface area contributed by atoms with Gasteiger partial charge in [0, 0.05) is 19.6 Å². The average molecular weight is 280 g/mol. The summed E-state index contributed by atoms with van der Waals surface area (Å²) in [5, 5.41) is 3.45. The molecule has 0 amide bonds. The zero-order valence-electron chi connectivity index (χ0n) is 13.0. The molecule has 0 fully saturated rings. The molecule has 0 spiro atoms. The molecule has 0 aliphatic carbocycles. The predicted octanol–water partition coefficient (Wildman–Crippen LogP) is 3.27. The molecule has 3 rings (SSSR count). The van der Waals surface area contributed by atoms with Crippen LogP contribution in [0.5, 0.6) is 0 Å². The topological polar surface area (TPSA) is 15.3 Å². The summed E-state index contributed by atoms with van der Waals surface area (Å²) in [7, 11) is 2.19. The van der Waals surface area contributed by atoms with Gasteiger partial charge < -0.3 is 5.32 Å². The molecule has 2 nitrogen and oxygen atoms in total. The van der Waals surface area contributed by atoms with Crippen LogP contribution < -0.4 is 5.32 Å². The van der Waals surface area contributed by atoms with Crippen molar-refractivity contribution >= 4 is 0 Å². The molecule has 0 bridgehead atoms. The Balaban J connectivity index is 1.64. The van der Waals surface area contributed by atoms with Crippen molar-refractivity contribution < 1.29 is 0 Å². The first-order chi connectivity index (χ1) is 10.2. The summed E-state index contributed by atoms with van der Waals surface area (Å²) < 4.78 is 0. The van der Waals surface area contributed by atoms with Gasteiger partial charge in [-0.25, -0.2) is 0 Å². The second-order valence-electron chi connectivity index (χ2n) is 6.19. The Morgan fingerprint density at radius 3 is 2.48 bits per heavy atom. The fourth-order valence-corrected chi connectivity index (χ4v) is 3.00. The highest BCUT2D eigenvalue weighted by Gasteiger charge is 2.09. The van der Waals surface area contributed by atoms with Crippen LogP contribution in [0.15, 0.2) is 42.5 Å². The summed E-state index contributed by atoms with van der Waals surface area (Å²) in [6, 6.07) is 15.8. The Morgan fingerprint density at radius 1 is 0.952 bits per heavy atom. The van der Waals surface area contributed by atoms with E-state index < -0.39 is 0 Å². The van der Waals surface area contributed by atoms with E-state index in [1.54, 1.807) is 0 Å². The van der Waals surface area contributed by atoms with E-state index in [1.807, 2.05) is 0 Å². The van der Waals surface area contributed by atoms with Crippen LogP contribution >= 0.6 is 0 Å². The number of nitrogens with zero attached hydrogens (tertiary/aromatic N) is 1. The van der Waals surface area contributed by atoms with Gasteiger partial charge in [0.2, 0.25) is 0 Å². The summed E-state index contributed by atoms with van der Waals surface area (Å²) in [5.74, 6) is 0. The van der Waals surface area contributed by atoms with Gasteiger partial charge in [-0.1, -0.05) is 48.0 Å². The van der Waals surface area contributed by atoms with E-state index in [4.69, 9.17) is 0 Å². The Hall–Kier alpha value is -1.64. The summed E-state index contributed by atoms with van der Waals surface area (Å²) in [6.45, 7) is 6.26. The maximum absolute atomic E-state index is 3.45. The summed E-state index contributed by atoms with van der Waals surface area (Å²) in [5.41, 5.74) is 7.10. The highest BCUT2D eigenvalue weighted by atomic mass is 15.1. The molecule has 0 unspecified atom stereocenters. The van der Waals surface area contributed by atoms with Crippen molar-refractivity contribution in [3.8, 4) is 0 Å². The third kappa shape index (κ3) is 3.72. The molecule has 110 valence electrons. The minimum Gasteiger partial charge on any atom is -0.312 e. The quantitative estimate of drug-likeness (QED) is 0.924. The van der Waals surface area contributed by atoms with Crippen molar-refractivity contribution in [2.45, 2.75) is 33.0 Å². The van der Waals surface area contributed by atoms with Gasteiger partial charge in [-0.2, -0.15) is 0 Å². The van der Waals surface area contributed by atoms with Gasteiger partial charge in [0.15, 0.2) is 0 Å². The number of fused-ring (bicyclic) bond motifs is 1. The summed E-state index contributed by atoms with van der Waals surface area (Å²) in [6.07, 6.45) is 1.16. The zero-order chi connectivity index (χ0) is 14.7. The SMILES string of the molecule is Cc1ccc(CN(C)Cc2ccc3c(c2)CNCC3)cc1. The third-order valence-electron chi connectivity index (χ3n) is 4.18. The minimum atomic E-state index is 0.996. The van der Waals surface area contributed by atoms with Crippen molar-refractivity contribution in [2.75, 3.05) is 13.6 Å². The number of nitrogens with one attached hydrogen (secondary N) is 1. The van der Waals surface area contributed by atoms with Gasteiger partial charge in [-0.15, -0.1) is 0 Å². The largest absolute Gasteiger partial charge is 0.312 e. The first-order valence-electron chi connectivity index (χ1n) is 7.76. The molecule has 2 aromatic rings. The van der Waals surface area contributed by atoms with Crippen LogP contribution in [0, 0.1) is 6.92 Å². The highest BCUT2D eigenvalue weighted by Crippen LogP contribution is 2.17. The fourth-order valence-electron chi connectivity index (χ4n) is 3.00. The molecule has 1 heterocycles. The average Bonchev–Trinajstić information content (AvgIpc) is 2.49. The van der Waals surface area contributed by atoms with Crippen molar-refractivity contribution in [2.24, 2.45) is 0 Å². The second-order valence-corrected chi connectivity index (χ2v) is 6.19. The van der Waals surface area contributed by atoms with Crippen molar-refractivity contribution in [3.05, 3.63) is 70.3 Å². The van der Waals surface area contributed by atoms with E-state index in [-0.39, 0.29) is 0 Å². The molecule has 0 atom stereocenters. The van der Waals surface area contributed by atoms with Crippen LogP contribution in [0.1, 0.15) is 27.8 Å². The van der Waals surface area contributed by atoms with E-state index >= 15 is 0 Å². The Morgan fingerprint density at radius 2 is 1.67 bits per heavy atom. The van der Waals surface area contributed by atoms with E-state index in [0.29, 0.717) is 0 Å². The molecule has 0 aromatic heterocycles. The number of hydrogen-bond acceptors (Lipinski definition) is 2. The third-order valence-corrected chi connectivity index (χ3v) is 4.18. The maximum Gasteiger partial charge on any atom is 0.0234 e. The van der Waals surface area contributed by atoms with Gasteiger partial charge in [-0.3, -0.25) is 4.90 Å². The molecule has 0 radical (unpaired) electrons. The molecule has 1 N–H and O–H groups in total. The van der Waals surface area contributed by atoms with Crippen LogP contribution in [0.4, 0.5) is 0 Å². The first kappa shape index (κ1) is 14.3. The Bertz CT molecular complexity index is 601. The molecule has 2 heteroatoms. The van der Waals surface area contributed by atoms with E-state index in [1.165, 1.54) is 27.8 Å². The fraction of sp³-hybridized carbons (Fsp3) is 0.368. The Kier molecular flexibility index (Phi) is 4.37. The van der Waals surface area contributed by atoms with Crippen LogP contribution in [-0.4, -0.2) is 18.5 Å².